The van der Waals surface area contributed by atoms with Crippen LogP contribution in [-0.2, 0) is 16.5 Å². The van der Waals surface area contributed by atoms with E-state index in [2.05, 4.69) is 17.0 Å². The summed E-state index contributed by atoms with van der Waals surface area (Å²) in [6, 6.07) is 2.54. The molecule has 1 amide bonds. The smallest absolute Gasteiger partial charge is 0.416 e. The van der Waals surface area contributed by atoms with Gasteiger partial charge in [-0.05, 0) is 32.0 Å². The first kappa shape index (κ1) is 21.0. The van der Waals surface area contributed by atoms with Gasteiger partial charge in [-0.2, -0.15) is 18.3 Å². The highest BCUT2D eigenvalue weighted by Crippen LogP contribution is 2.33. The van der Waals surface area contributed by atoms with Crippen molar-refractivity contribution in [3.8, 4) is 5.75 Å². The molecule has 0 aliphatic heterocycles. The second kappa shape index (κ2) is 7.75. The van der Waals surface area contributed by atoms with Crippen LogP contribution in [0.2, 0.25) is 0 Å². The van der Waals surface area contributed by atoms with Crippen molar-refractivity contribution in [3.63, 3.8) is 0 Å². The number of hydrogen-bond acceptors (Lipinski definition) is 4. The van der Waals surface area contributed by atoms with Gasteiger partial charge in [-0.15, -0.1) is 0 Å². The summed E-state index contributed by atoms with van der Waals surface area (Å²) in [4.78, 5) is 23.8. The van der Waals surface area contributed by atoms with Gasteiger partial charge in [0, 0.05) is 6.20 Å². The third-order valence-electron chi connectivity index (χ3n) is 3.84. The number of aromatic nitrogens is 2. The van der Waals surface area contributed by atoms with Gasteiger partial charge < -0.3 is 15.2 Å². The Morgan fingerprint density at radius 3 is 2.61 bits per heavy atom. The number of carboxylic acids is 1. The number of ether oxygens (including phenoxy) is 1. The highest BCUT2D eigenvalue weighted by molar-refractivity contribution is 6.06. The monoisotopic (exact) mass is 397 g/mol. The molecular formula is C18H18F3N3O4. The number of halogens is 3. The van der Waals surface area contributed by atoms with E-state index in [9.17, 15) is 27.9 Å². The summed E-state index contributed by atoms with van der Waals surface area (Å²) >= 11 is 0. The van der Waals surface area contributed by atoms with Crippen molar-refractivity contribution >= 4 is 17.6 Å². The van der Waals surface area contributed by atoms with Gasteiger partial charge in [0.1, 0.15) is 12.4 Å². The third-order valence-corrected chi connectivity index (χ3v) is 3.84. The van der Waals surface area contributed by atoms with Crippen molar-refractivity contribution in [2.45, 2.75) is 25.6 Å². The predicted octanol–water partition coefficient (Wildman–Crippen LogP) is 3.54. The lowest BCUT2D eigenvalue weighted by Gasteiger charge is -2.19. The molecule has 0 spiro atoms. The van der Waals surface area contributed by atoms with Crippen LogP contribution in [-0.4, -0.2) is 33.4 Å². The zero-order chi connectivity index (χ0) is 21.1. The summed E-state index contributed by atoms with van der Waals surface area (Å²) < 4.78 is 45.4. The summed E-state index contributed by atoms with van der Waals surface area (Å²) in [5.74, 6) is -2.06. The maximum Gasteiger partial charge on any atom is 0.416 e. The Kier molecular flexibility index (Phi) is 5.81. The molecule has 7 nitrogen and oxygen atoms in total. The summed E-state index contributed by atoms with van der Waals surface area (Å²) in [6.07, 6.45) is -0.788. The average Bonchev–Trinajstić information content (AvgIpc) is 3.08. The molecule has 0 saturated heterocycles. The van der Waals surface area contributed by atoms with Gasteiger partial charge in [0.25, 0.3) is 5.91 Å². The molecule has 0 bridgehead atoms. The zero-order valence-electron chi connectivity index (χ0n) is 15.1. The minimum atomic E-state index is -4.64. The highest BCUT2D eigenvalue weighted by Gasteiger charge is 2.33. The van der Waals surface area contributed by atoms with E-state index in [4.69, 9.17) is 4.74 Å². The number of nitrogens with zero attached hydrogens (tertiary/aromatic N) is 2. The Morgan fingerprint density at radius 1 is 1.36 bits per heavy atom. The molecule has 150 valence electrons. The third kappa shape index (κ3) is 4.51. The Bertz CT molecular complexity index is 904. The van der Waals surface area contributed by atoms with Crippen LogP contribution in [0, 0.1) is 0 Å². The minimum Gasteiger partial charge on any atom is -0.489 e. The maximum absolute atomic E-state index is 13.0. The Hall–Kier alpha value is -3.30. The number of hydrogen-bond donors (Lipinski definition) is 2. The van der Waals surface area contributed by atoms with Crippen LogP contribution in [0.15, 0.2) is 43.2 Å². The maximum atomic E-state index is 13.0. The second-order valence-corrected chi connectivity index (χ2v) is 6.30. The number of carbonyl (C=O) groups excluding carboxylic acids is 1. The van der Waals surface area contributed by atoms with Crippen LogP contribution in [0.3, 0.4) is 0 Å². The summed E-state index contributed by atoms with van der Waals surface area (Å²) in [6.45, 7) is 6.26. The van der Waals surface area contributed by atoms with E-state index < -0.39 is 29.2 Å². The molecule has 0 aliphatic rings. The molecule has 1 aromatic carbocycles. The fraction of sp³-hybridized carbons (Fsp3) is 0.278. The van der Waals surface area contributed by atoms with E-state index in [0.717, 1.165) is 16.8 Å². The van der Waals surface area contributed by atoms with Crippen molar-refractivity contribution < 1.29 is 32.6 Å². The number of anilines is 1. The number of rotatable bonds is 7. The van der Waals surface area contributed by atoms with Crippen LogP contribution < -0.4 is 10.1 Å². The van der Waals surface area contributed by atoms with E-state index in [1.807, 2.05) is 0 Å². The Balaban J connectivity index is 2.33. The molecule has 0 radical (unpaired) electrons. The van der Waals surface area contributed by atoms with E-state index in [1.165, 1.54) is 32.3 Å². The number of alkyl halides is 3. The van der Waals surface area contributed by atoms with Crippen LogP contribution in [0.1, 0.15) is 29.8 Å². The first-order chi connectivity index (χ1) is 13.0. The largest absolute Gasteiger partial charge is 0.489 e. The molecular weight excluding hydrogens is 379 g/mol. The number of nitrogens with one attached hydrogen (secondary N) is 1. The molecule has 0 saturated carbocycles. The van der Waals surface area contributed by atoms with Crippen molar-refractivity contribution in [2.75, 3.05) is 11.9 Å². The normalized spacial score (nSPS) is 11.8. The molecule has 1 aromatic heterocycles. The van der Waals surface area contributed by atoms with Crippen LogP contribution in [0.4, 0.5) is 18.9 Å². The fourth-order valence-electron chi connectivity index (χ4n) is 2.15. The number of aliphatic carboxylic acids is 1. The number of benzene rings is 1. The lowest BCUT2D eigenvalue weighted by molar-refractivity contribution is -0.146. The van der Waals surface area contributed by atoms with E-state index in [1.54, 1.807) is 0 Å². The SMILES string of the molecule is C=CCOc1ccc(C(F)(F)F)cc1C(=O)Nc1cnn(C(C)(C)C(=O)O)c1. The van der Waals surface area contributed by atoms with Crippen molar-refractivity contribution in [3.05, 3.63) is 54.4 Å². The molecule has 0 unspecified atom stereocenters. The molecule has 2 rings (SSSR count). The van der Waals surface area contributed by atoms with Crippen molar-refractivity contribution in [1.82, 2.24) is 9.78 Å². The standard InChI is InChI=1S/C18H18F3N3O4/c1-4-7-28-14-6-5-11(18(19,20)21)8-13(14)15(25)23-12-9-22-24(10-12)17(2,3)16(26)27/h4-6,8-10H,1,7H2,2-3H3,(H,23,25)(H,26,27). The van der Waals surface area contributed by atoms with Crippen LogP contribution in [0.5, 0.6) is 5.75 Å². The van der Waals surface area contributed by atoms with Crippen LogP contribution >= 0.6 is 0 Å². The summed E-state index contributed by atoms with van der Waals surface area (Å²) in [5.41, 5.74) is -2.60. The topological polar surface area (TPSA) is 93.5 Å². The van der Waals surface area contributed by atoms with E-state index >= 15 is 0 Å². The second-order valence-electron chi connectivity index (χ2n) is 6.30. The minimum absolute atomic E-state index is 0.00359. The molecule has 28 heavy (non-hydrogen) atoms. The van der Waals surface area contributed by atoms with Gasteiger partial charge in [-0.3, -0.25) is 9.48 Å². The Labute approximate surface area is 158 Å². The van der Waals surface area contributed by atoms with Crippen molar-refractivity contribution in [1.29, 1.82) is 0 Å². The van der Waals surface area contributed by atoms with Gasteiger partial charge in [0.15, 0.2) is 5.54 Å². The molecule has 0 fully saturated rings. The lowest BCUT2D eigenvalue weighted by Crippen LogP contribution is -2.35. The van der Waals surface area contributed by atoms with E-state index in [0.29, 0.717) is 6.07 Å². The Morgan fingerprint density at radius 2 is 2.04 bits per heavy atom. The molecule has 1 heterocycles. The van der Waals surface area contributed by atoms with Crippen LogP contribution in [0.25, 0.3) is 0 Å². The zero-order valence-corrected chi connectivity index (χ0v) is 15.1. The van der Waals surface area contributed by atoms with E-state index in [-0.39, 0.29) is 23.6 Å². The molecule has 0 aliphatic carbocycles. The predicted molar refractivity (Wildman–Crippen MR) is 94.3 cm³/mol. The van der Waals surface area contributed by atoms with Gasteiger partial charge >= 0.3 is 12.1 Å². The van der Waals surface area contributed by atoms with Gasteiger partial charge in [-0.1, -0.05) is 12.7 Å². The molecule has 10 heteroatoms. The lowest BCUT2D eigenvalue weighted by atomic mass is 10.1. The number of carbonyl (C=O) groups is 2. The first-order valence-electron chi connectivity index (χ1n) is 8.01. The van der Waals surface area contributed by atoms with Gasteiger partial charge in [0.2, 0.25) is 0 Å². The van der Waals surface area contributed by atoms with Crippen molar-refractivity contribution in [2.24, 2.45) is 0 Å². The number of amides is 1. The number of carboxylic acid groups (broad SMARTS) is 1. The summed E-state index contributed by atoms with van der Waals surface area (Å²) in [5, 5.41) is 15.5. The highest BCUT2D eigenvalue weighted by atomic mass is 19.4. The fourth-order valence-corrected chi connectivity index (χ4v) is 2.15. The quantitative estimate of drug-likeness (QED) is 0.697. The molecule has 2 aromatic rings. The molecule has 0 atom stereocenters. The molecule has 2 N–H and O–H groups in total. The summed E-state index contributed by atoms with van der Waals surface area (Å²) in [7, 11) is 0. The van der Waals surface area contributed by atoms with Gasteiger partial charge in [0.05, 0.1) is 23.0 Å². The average molecular weight is 397 g/mol. The van der Waals surface area contributed by atoms with Gasteiger partial charge in [-0.25, -0.2) is 4.79 Å². The first-order valence-corrected chi connectivity index (χ1v) is 8.01.